The fourth-order valence-electron chi connectivity index (χ4n) is 2.67. The molecule has 2 aliphatic rings. The summed E-state index contributed by atoms with van der Waals surface area (Å²) in [5.74, 6) is 0. The highest BCUT2D eigenvalue weighted by atomic mass is 19.4. The number of allylic oxidation sites excluding steroid dienone is 4. The van der Waals surface area contributed by atoms with Crippen molar-refractivity contribution in [2.45, 2.75) is 31.5 Å². The van der Waals surface area contributed by atoms with E-state index in [2.05, 4.69) is 15.5 Å². The molecule has 2 rings (SSSR count). The fraction of sp³-hybridized carbons (Fsp3) is 0.562. The maximum Gasteiger partial charge on any atom is 0.416 e. The number of piperidine rings is 1. The predicted molar refractivity (Wildman–Crippen MR) is 83.0 cm³/mol. The lowest BCUT2D eigenvalue weighted by Gasteiger charge is -2.29. The number of halogens is 3. The Bertz CT molecular complexity index is 515. The van der Waals surface area contributed by atoms with Crippen LogP contribution in [0.2, 0.25) is 0 Å². The first-order valence-corrected chi connectivity index (χ1v) is 7.72. The molecule has 1 heterocycles. The molecule has 2 N–H and O–H groups in total. The molecule has 1 aliphatic heterocycles. The van der Waals surface area contributed by atoms with Crippen LogP contribution in [0, 0.1) is 0 Å². The summed E-state index contributed by atoms with van der Waals surface area (Å²) in [4.78, 5) is 14.1. The first kappa shape index (κ1) is 17.6. The van der Waals surface area contributed by atoms with E-state index in [0.717, 1.165) is 32.0 Å². The minimum Gasteiger partial charge on any atom is -0.335 e. The van der Waals surface area contributed by atoms with Crippen LogP contribution in [0.25, 0.3) is 0 Å². The molecule has 23 heavy (non-hydrogen) atoms. The van der Waals surface area contributed by atoms with Crippen molar-refractivity contribution >= 4 is 6.03 Å². The molecule has 1 aliphatic carbocycles. The number of alkyl halides is 3. The summed E-state index contributed by atoms with van der Waals surface area (Å²) in [6, 6.07) is -0.345. The van der Waals surface area contributed by atoms with Crippen molar-refractivity contribution in [2.75, 3.05) is 26.7 Å². The Morgan fingerprint density at radius 1 is 1.26 bits per heavy atom. The standard InChI is InChI=1S/C16H22F3N3O/c1-22-9-7-13(8-10-22)21-15(23)20-11-12-5-3-2-4-6-14(12)16(17,18)19/h3-6,13H,2,7-11H2,1H3,(H2,20,21,23). The van der Waals surface area contributed by atoms with Gasteiger partial charge in [0, 0.05) is 12.6 Å². The van der Waals surface area contributed by atoms with E-state index in [4.69, 9.17) is 0 Å². The van der Waals surface area contributed by atoms with E-state index >= 15 is 0 Å². The molecular weight excluding hydrogens is 307 g/mol. The van der Waals surface area contributed by atoms with Gasteiger partial charge in [-0.25, -0.2) is 4.79 Å². The molecule has 0 aromatic carbocycles. The van der Waals surface area contributed by atoms with Crippen molar-refractivity contribution in [3.8, 4) is 0 Å². The normalized spacial score (nSPS) is 20.5. The zero-order valence-corrected chi connectivity index (χ0v) is 13.1. The van der Waals surface area contributed by atoms with Gasteiger partial charge in [-0.2, -0.15) is 13.2 Å². The van der Waals surface area contributed by atoms with Crippen LogP contribution < -0.4 is 10.6 Å². The zero-order chi connectivity index (χ0) is 16.9. The Labute approximate surface area is 134 Å². The molecule has 0 radical (unpaired) electrons. The Morgan fingerprint density at radius 3 is 2.57 bits per heavy atom. The molecule has 7 heteroatoms. The average Bonchev–Trinajstić information content (AvgIpc) is 2.72. The molecule has 128 valence electrons. The molecular formula is C16H22F3N3O. The van der Waals surface area contributed by atoms with Gasteiger partial charge in [0.25, 0.3) is 0 Å². The predicted octanol–water partition coefficient (Wildman–Crippen LogP) is 2.75. The van der Waals surface area contributed by atoms with Crippen molar-refractivity contribution in [3.63, 3.8) is 0 Å². The number of hydrogen-bond donors (Lipinski definition) is 2. The van der Waals surface area contributed by atoms with E-state index in [0.29, 0.717) is 6.42 Å². The van der Waals surface area contributed by atoms with Crippen LogP contribution in [0.1, 0.15) is 19.3 Å². The lowest BCUT2D eigenvalue weighted by molar-refractivity contribution is -0.0888. The molecule has 0 unspecified atom stereocenters. The highest BCUT2D eigenvalue weighted by Gasteiger charge is 2.34. The average molecular weight is 329 g/mol. The van der Waals surface area contributed by atoms with E-state index in [1.807, 2.05) is 7.05 Å². The molecule has 0 saturated carbocycles. The van der Waals surface area contributed by atoms with Crippen molar-refractivity contribution in [1.29, 1.82) is 0 Å². The summed E-state index contributed by atoms with van der Waals surface area (Å²) < 4.78 is 39.1. The first-order chi connectivity index (χ1) is 10.9. The van der Waals surface area contributed by atoms with Gasteiger partial charge in [0.05, 0.1) is 5.57 Å². The number of hydrogen-bond acceptors (Lipinski definition) is 2. The third kappa shape index (κ3) is 5.42. The van der Waals surface area contributed by atoms with Gasteiger partial charge in [-0.3, -0.25) is 0 Å². The van der Waals surface area contributed by atoms with Gasteiger partial charge in [-0.05, 0) is 45.0 Å². The van der Waals surface area contributed by atoms with Crippen LogP contribution in [0.4, 0.5) is 18.0 Å². The van der Waals surface area contributed by atoms with Gasteiger partial charge in [0.15, 0.2) is 0 Å². The third-order valence-corrected chi connectivity index (χ3v) is 4.02. The maximum absolute atomic E-state index is 13.0. The largest absolute Gasteiger partial charge is 0.416 e. The van der Waals surface area contributed by atoms with Gasteiger partial charge < -0.3 is 15.5 Å². The number of rotatable bonds is 3. The second-order valence-corrected chi connectivity index (χ2v) is 5.88. The van der Waals surface area contributed by atoms with Crippen molar-refractivity contribution in [1.82, 2.24) is 15.5 Å². The monoisotopic (exact) mass is 329 g/mol. The lowest BCUT2D eigenvalue weighted by Crippen LogP contribution is -2.47. The van der Waals surface area contributed by atoms with Gasteiger partial charge in [0.2, 0.25) is 0 Å². The third-order valence-electron chi connectivity index (χ3n) is 4.02. The van der Waals surface area contributed by atoms with E-state index in [9.17, 15) is 18.0 Å². The van der Waals surface area contributed by atoms with Gasteiger partial charge in [-0.1, -0.05) is 24.3 Å². The van der Waals surface area contributed by atoms with Crippen molar-refractivity contribution in [2.24, 2.45) is 0 Å². The summed E-state index contributed by atoms with van der Waals surface area (Å²) in [6.45, 7) is 1.66. The Morgan fingerprint density at radius 2 is 1.91 bits per heavy atom. The molecule has 0 atom stereocenters. The second kappa shape index (κ2) is 7.68. The first-order valence-electron chi connectivity index (χ1n) is 7.72. The minimum atomic E-state index is -4.42. The lowest BCUT2D eigenvalue weighted by atomic mass is 10.1. The quantitative estimate of drug-likeness (QED) is 0.836. The molecule has 2 amide bonds. The van der Waals surface area contributed by atoms with E-state index < -0.39 is 17.8 Å². The SMILES string of the molecule is CN1CCC(NC(=O)NCC2=C(C(F)(F)F)C=CCC=C2)CC1. The zero-order valence-electron chi connectivity index (χ0n) is 13.1. The molecule has 0 spiro atoms. The summed E-state index contributed by atoms with van der Waals surface area (Å²) >= 11 is 0. The maximum atomic E-state index is 13.0. The number of nitrogens with zero attached hydrogens (tertiary/aromatic N) is 1. The fourth-order valence-corrected chi connectivity index (χ4v) is 2.67. The molecule has 1 saturated heterocycles. The van der Waals surface area contributed by atoms with E-state index in [-0.39, 0.29) is 18.2 Å². The van der Waals surface area contributed by atoms with Crippen LogP contribution in [-0.4, -0.2) is 49.8 Å². The molecule has 4 nitrogen and oxygen atoms in total. The van der Waals surface area contributed by atoms with E-state index in [1.165, 1.54) is 12.2 Å². The van der Waals surface area contributed by atoms with Crippen LogP contribution in [0.5, 0.6) is 0 Å². The number of likely N-dealkylation sites (tertiary alicyclic amines) is 1. The molecule has 0 aromatic heterocycles. The van der Waals surface area contributed by atoms with E-state index in [1.54, 1.807) is 6.08 Å². The van der Waals surface area contributed by atoms with Crippen LogP contribution in [-0.2, 0) is 0 Å². The van der Waals surface area contributed by atoms with Gasteiger partial charge >= 0.3 is 12.2 Å². The Balaban J connectivity index is 1.91. The smallest absolute Gasteiger partial charge is 0.335 e. The highest BCUT2D eigenvalue weighted by Crippen LogP contribution is 2.30. The van der Waals surface area contributed by atoms with Crippen LogP contribution in [0.15, 0.2) is 35.5 Å². The number of amides is 2. The number of nitrogens with one attached hydrogen (secondary N) is 2. The van der Waals surface area contributed by atoms with Gasteiger partial charge in [0.1, 0.15) is 0 Å². The molecule has 0 aromatic rings. The highest BCUT2D eigenvalue weighted by molar-refractivity contribution is 5.74. The molecule has 0 bridgehead atoms. The summed E-state index contributed by atoms with van der Waals surface area (Å²) in [7, 11) is 2.02. The summed E-state index contributed by atoms with van der Waals surface area (Å²) in [5, 5.41) is 5.36. The number of carbonyl (C=O) groups is 1. The second-order valence-electron chi connectivity index (χ2n) is 5.88. The molecule has 1 fully saturated rings. The van der Waals surface area contributed by atoms with Crippen molar-refractivity contribution in [3.05, 3.63) is 35.5 Å². The topological polar surface area (TPSA) is 44.4 Å². The summed E-state index contributed by atoms with van der Waals surface area (Å²) in [5.41, 5.74) is -0.629. The Hall–Kier alpha value is -1.76. The Kier molecular flexibility index (Phi) is 5.87. The number of carbonyl (C=O) groups excluding carboxylic acids is 1. The van der Waals surface area contributed by atoms with Crippen LogP contribution >= 0.6 is 0 Å². The summed E-state index contributed by atoms with van der Waals surface area (Å²) in [6.07, 6.45) is 3.35. The van der Waals surface area contributed by atoms with Gasteiger partial charge in [-0.15, -0.1) is 0 Å². The van der Waals surface area contributed by atoms with Crippen LogP contribution in [0.3, 0.4) is 0 Å². The van der Waals surface area contributed by atoms with Crippen molar-refractivity contribution < 1.29 is 18.0 Å². The number of urea groups is 1. The minimum absolute atomic E-state index is 0.0739.